The number of nitrogens with zero attached hydrogens (tertiary/aromatic N) is 2. The van der Waals surface area contributed by atoms with Crippen LogP contribution in [0.3, 0.4) is 0 Å². The van der Waals surface area contributed by atoms with E-state index in [1.54, 1.807) is 25.7 Å². The van der Waals surface area contributed by atoms with E-state index < -0.39 is 23.7 Å². The van der Waals surface area contributed by atoms with E-state index in [9.17, 15) is 19.5 Å². The number of carboxylic acids is 1. The summed E-state index contributed by atoms with van der Waals surface area (Å²) in [5.74, 6) is -1.48. The maximum Gasteiger partial charge on any atom is 0.411 e. The molecule has 156 valence electrons. The number of carbonyl (C=O) groups is 3. The number of amides is 2. The zero-order valence-corrected chi connectivity index (χ0v) is 17.6. The predicted octanol–water partition coefficient (Wildman–Crippen LogP) is 3.49. The number of carbonyl (C=O) groups excluding carboxylic acids is 2. The van der Waals surface area contributed by atoms with Crippen LogP contribution >= 0.6 is 11.6 Å². The fraction of sp³-hybridized carbons (Fsp3) is 0.842. The molecule has 2 atom stereocenters. The fourth-order valence-corrected chi connectivity index (χ4v) is 3.42. The van der Waals surface area contributed by atoms with Crippen LogP contribution in [0.15, 0.2) is 0 Å². The molecule has 1 N–H and O–H groups in total. The van der Waals surface area contributed by atoms with Gasteiger partial charge >= 0.3 is 12.1 Å². The van der Waals surface area contributed by atoms with Gasteiger partial charge in [0, 0.05) is 19.5 Å². The quantitative estimate of drug-likeness (QED) is 0.469. The molecule has 0 bridgehead atoms. The third-order valence-electron chi connectivity index (χ3n) is 4.57. The summed E-state index contributed by atoms with van der Waals surface area (Å²) in [6.45, 7) is 7.99. The number of alkyl halides is 1. The van der Waals surface area contributed by atoms with E-state index in [2.05, 4.69) is 6.92 Å². The Labute approximate surface area is 167 Å². The van der Waals surface area contributed by atoms with Crippen molar-refractivity contribution in [3.05, 3.63) is 0 Å². The van der Waals surface area contributed by atoms with Crippen LogP contribution in [-0.2, 0) is 14.3 Å². The van der Waals surface area contributed by atoms with Crippen molar-refractivity contribution in [1.82, 2.24) is 9.80 Å². The van der Waals surface area contributed by atoms with Crippen LogP contribution in [0.4, 0.5) is 4.79 Å². The molecule has 1 rings (SSSR count). The standard InChI is InChI=1S/C19H33ClN2O5/c1-5-6-7-8-9-10-21(16(23)12-20)14-11-15(17(24)25)22(13-14)18(26)27-19(2,3)4/h14-15H,5-13H2,1-4H3,(H,24,25)/t14-,15-/m0/s1. The fourth-order valence-electron chi connectivity index (χ4n) is 3.27. The van der Waals surface area contributed by atoms with Crippen molar-refractivity contribution < 1.29 is 24.2 Å². The van der Waals surface area contributed by atoms with Crippen molar-refractivity contribution in [2.75, 3.05) is 19.0 Å². The summed E-state index contributed by atoms with van der Waals surface area (Å²) in [4.78, 5) is 39.2. The highest BCUT2D eigenvalue weighted by Crippen LogP contribution is 2.26. The molecule has 0 unspecified atom stereocenters. The van der Waals surface area contributed by atoms with Gasteiger partial charge in [-0.3, -0.25) is 9.69 Å². The van der Waals surface area contributed by atoms with Crippen LogP contribution in [0.1, 0.15) is 66.2 Å². The minimum Gasteiger partial charge on any atom is -0.480 e. The predicted molar refractivity (Wildman–Crippen MR) is 104 cm³/mol. The van der Waals surface area contributed by atoms with Gasteiger partial charge in [-0.2, -0.15) is 0 Å². The Hall–Kier alpha value is -1.50. The molecule has 0 radical (unpaired) electrons. The summed E-state index contributed by atoms with van der Waals surface area (Å²) in [6, 6.07) is -1.37. The molecule has 0 aromatic heterocycles. The summed E-state index contributed by atoms with van der Waals surface area (Å²) in [5.41, 5.74) is -0.719. The van der Waals surface area contributed by atoms with E-state index in [4.69, 9.17) is 16.3 Å². The van der Waals surface area contributed by atoms with E-state index in [1.165, 1.54) is 4.90 Å². The Bertz CT molecular complexity index is 521. The lowest BCUT2D eigenvalue weighted by atomic mass is 10.1. The Morgan fingerprint density at radius 1 is 1.19 bits per heavy atom. The zero-order chi connectivity index (χ0) is 20.6. The smallest absolute Gasteiger partial charge is 0.411 e. The van der Waals surface area contributed by atoms with Gasteiger partial charge in [-0.1, -0.05) is 32.6 Å². The number of hydrogen-bond donors (Lipinski definition) is 1. The number of ether oxygens (including phenoxy) is 1. The number of likely N-dealkylation sites (tertiary alicyclic amines) is 1. The Morgan fingerprint density at radius 3 is 2.33 bits per heavy atom. The van der Waals surface area contributed by atoms with Crippen LogP contribution in [0, 0.1) is 0 Å². The lowest BCUT2D eigenvalue weighted by Gasteiger charge is -2.29. The summed E-state index contributed by atoms with van der Waals surface area (Å²) in [5, 5.41) is 9.52. The van der Waals surface area contributed by atoms with E-state index in [0.29, 0.717) is 6.54 Å². The molecular weight excluding hydrogens is 372 g/mol. The van der Waals surface area contributed by atoms with Crippen molar-refractivity contribution >= 4 is 29.6 Å². The molecule has 0 aromatic rings. The number of aliphatic carboxylic acids is 1. The van der Waals surface area contributed by atoms with Gasteiger partial charge in [0.2, 0.25) is 5.91 Å². The average Bonchev–Trinajstić information content (AvgIpc) is 3.01. The second-order valence-corrected chi connectivity index (χ2v) is 8.28. The molecule has 1 heterocycles. The number of rotatable bonds is 9. The highest BCUT2D eigenvalue weighted by Gasteiger charge is 2.44. The Kier molecular flexibility index (Phi) is 9.36. The van der Waals surface area contributed by atoms with Crippen LogP contribution in [0.5, 0.6) is 0 Å². The van der Waals surface area contributed by atoms with E-state index in [-0.39, 0.29) is 30.8 Å². The maximum absolute atomic E-state index is 12.4. The van der Waals surface area contributed by atoms with Crippen molar-refractivity contribution in [3.8, 4) is 0 Å². The van der Waals surface area contributed by atoms with Crippen LogP contribution < -0.4 is 0 Å². The molecule has 8 heteroatoms. The first-order valence-corrected chi connectivity index (χ1v) is 10.2. The van der Waals surface area contributed by atoms with E-state index >= 15 is 0 Å². The molecule has 0 saturated carbocycles. The third-order valence-corrected chi connectivity index (χ3v) is 4.80. The number of halogens is 1. The van der Waals surface area contributed by atoms with Gasteiger partial charge in [0.25, 0.3) is 0 Å². The maximum atomic E-state index is 12.4. The number of carboxylic acid groups (broad SMARTS) is 1. The summed E-state index contributed by atoms with van der Waals surface area (Å²) in [7, 11) is 0. The minimum atomic E-state index is -1.09. The normalized spacial score (nSPS) is 19.8. The molecule has 0 spiro atoms. The van der Waals surface area contributed by atoms with Gasteiger partial charge in [-0.15, -0.1) is 11.6 Å². The Balaban J connectivity index is 2.83. The second-order valence-electron chi connectivity index (χ2n) is 8.01. The summed E-state index contributed by atoms with van der Waals surface area (Å²) >= 11 is 5.76. The van der Waals surface area contributed by atoms with Gasteiger partial charge in [0.15, 0.2) is 0 Å². The van der Waals surface area contributed by atoms with Crippen LogP contribution in [-0.4, -0.2) is 69.5 Å². The lowest BCUT2D eigenvalue weighted by Crippen LogP contribution is -2.45. The highest BCUT2D eigenvalue weighted by atomic mass is 35.5. The molecule has 0 aromatic carbocycles. The van der Waals surface area contributed by atoms with Crippen molar-refractivity contribution in [3.63, 3.8) is 0 Å². The van der Waals surface area contributed by atoms with Crippen molar-refractivity contribution in [2.24, 2.45) is 0 Å². The summed E-state index contributed by atoms with van der Waals surface area (Å²) < 4.78 is 5.34. The first-order chi connectivity index (χ1) is 12.6. The van der Waals surface area contributed by atoms with Crippen molar-refractivity contribution in [2.45, 2.75) is 83.9 Å². The molecule has 1 saturated heterocycles. The topological polar surface area (TPSA) is 87.2 Å². The van der Waals surface area contributed by atoms with Gasteiger partial charge < -0.3 is 14.7 Å². The molecule has 27 heavy (non-hydrogen) atoms. The third kappa shape index (κ3) is 7.56. The largest absolute Gasteiger partial charge is 0.480 e. The number of hydrogen-bond acceptors (Lipinski definition) is 4. The van der Waals surface area contributed by atoms with Crippen LogP contribution in [0.25, 0.3) is 0 Å². The molecular formula is C19H33ClN2O5. The first-order valence-electron chi connectivity index (χ1n) is 9.68. The highest BCUT2D eigenvalue weighted by molar-refractivity contribution is 6.27. The molecule has 0 aliphatic carbocycles. The van der Waals surface area contributed by atoms with Crippen LogP contribution in [0.2, 0.25) is 0 Å². The zero-order valence-electron chi connectivity index (χ0n) is 16.9. The molecule has 2 amide bonds. The SMILES string of the molecule is CCCCCCCN(C(=O)CCl)[C@H]1C[C@@H](C(=O)O)N(C(=O)OC(C)(C)C)C1. The average molecular weight is 405 g/mol. The van der Waals surface area contributed by atoms with Gasteiger partial charge in [0.1, 0.15) is 17.5 Å². The molecule has 1 fully saturated rings. The van der Waals surface area contributed by atoms with Gasteiger partial charge in [0.05, 0.1) is 6.04 Å². The van der Waals surface area contributed by atoms with Crippen molar-refractivity contribution in [1.29, 1.82) is 0 Å². The summed E-state index contributed by atoms with van der Waals surface area (Å²) in [6.07, 6.45) is 4.75. The molecule has 1 aliphatic rings. The lowest BCUT2D eigenvalue weighted by molar-refractivity contribution is -0.142. The van der Waals surface area contributed by atoms with E-state index in [1.807, 2.05) is 0 Å². The monoisotopic (exact) mass is 404 g/mol. The minimum absolute atomic E-state index is 0.142. The molecule has 7 nitrogen and oxygen atoms in total. The first kappa shape index (κ1) is 23.5. The molecule has 1 aliphatic heterocycles. The van der Waals surface area contributed by atoms with E-state index in [0.717, 1.165) is 32.1 Å². The van der Waals surface area contributed by atoms with Gasteiger partial charge in [-0.25, -0.2) is 9.59 Å². The second kappa shape index (κ2) is 10.7. The number of unbranched alkanes of at least 4 members (excludes halogenated alkanes) is 4. The Morgan fingerprint density at radius 2 is 1.81 bits per heavy atom. The van der Waals surface area contributed by atoms with Gasteiger partial charge in [-0.05, 0) is 27.2 Å².